The van der Waals surface area contributed by atoms with Crippen LogP contribution in [0.4, 0.5) is 5.69 Å². The molecule has 0 spiro atoms. The average molecular weight is 341 g/mol. The van der Waals surface area contributed by atoms with Gasteiger partial charge in [-0.2, -0.15) is 0 Å². The van der Waals surface area contributed by atoms with Crippen LogP contribution in [0.15, 0.2) is 22.7 Å². The number of nitrogens with one attached hydrogen (secondary N) is 1. The largest absolute Gasteiger partial charge is 0.380 e. The SMILES string of the molecule is CCCNC(C)c1ccc(N2CCC(OC)C2)c(Br)c1. The molecule has 1 aliphatic rings. The topological polar surface area (TPSA) is 24.5 Å². The second-order valence-electron chi connectivity index (χ2n) is 5.48. The fourth-order valence-electron chi connectivity index (χ4n) is 2.67. The van der Waals surface area contributed by atoms with Gasteiger partial charge in [0.25, 0.3) is 0 Å². The van der Waals surface area contributed by atoms with Crippen LogP contribution >= 0.6 is 15.9 Å². The summed E-state index contributed by atoms with van der Waals surface area (Å²) in [6.07, 6.45) is 2.64. The molecule has 0 saturated carbocycles. The van der Waals surface area contributed by atoms with E-state index in [4.69, 9.17) is 4.74 Å². The van der Waals surface area contributed by atoms with Crippen molar-refractivity contribution in [2.24, 2.45) is 0 Å². The molecule has 2 atom stereocenters. The molecule has 1 fully saturated rings. The van der Waals surface area contributed by atoms with Crippen molar-refractivity contribution in [2.75, 3.05) is 31.6 Å². The van der Waals surface area contributed by atoms with Crippen molar-refractivity contribution >= 4 is 21.6 Å². The molecule has 2 rings (SSSR count). The highest BCUT2D eigenvalue weighted by Gasteiger charge is 2.23. The molecule has 2 unspecified atom stereocenters. The van der Waals surface area contributed by atoms with Gasteiger partial charge in [0.05, 0.1) is 11.8 Å². The molecule has 0 aromatic heterocycles. The molecule has 3 nitrogen and oxygen atoms in total. The number of hydrogen-bond acceptors (Lipinski definition) is 3. The Morgan fingerprint density at radius 3 is 2.90 bits per heavy atom. The van der Waals surface area contributed by atoms with E-state index in [1.165, 1.54) is 15.7 Å². The van der Waals surface area contributed by atoms with E-state index in [9.17, 15) is 0 Å². The van der Waals surface area contributed by atoms with Gasteiger partial charge >= 0.3 is 0 Å². The molecule has 0 aliphatic carbocycles. The fraction of sp³-hybridized carbons (Fsp3) is 0.625. The zero-order chi connectivity index (χ0) is 14.5. The van der Waals surface area contributed by atoms with Crippen LogP contribution in [0.1, 0.15) is 38.3 Å². The summed E-state index contributed by atoms with van der Waals surface area (Å²) in [4.78, 5) is 2.40. The van der Waals surface area contributed by atoms with Gasteiger partial charge in [-0.15, -0.1) is 0 Å². The molecule has 0 amide bonds. The molecular formula is C16H25BrN2O. The Morgan fingerprint density at radius 1 is 1.50 bits per heavy atom. The van der Waals surface area contributed by atoms with Crippen LogP contribution in [0.25, 0.3) is 0 Å². The summed E-state index contributed by atoms with van der Waals surface area (Å²) in [5.41, 5.74) is 2.60. The lowest BCUT2D eigenvalue weighted by atomic mass is 10.1. The highest BCUT2D eigenvalue weighted by molar-refractivity contribution is 9.10. The number of anilines is 1. The monoisotopic (exact) mass is 340 g/mol. The lowest BCUT2D eigenvalue weighted by Gasteiger charge is -2.22. The Labute approximate surface area is 130 Å². The van der Waals surface area contributed by atoms with Gasteiger partial charge in [0.15, 0.2) is 0 Å². The first-order chi connectivity index (χ1) is 9.65. The quantitative estimate of drug-likeness (QED) is 0.853. The van der Waals surface area contributed by atoms with Crippen LogP contribution < -0.4 is 10.2 Å². The summed E-state index contributed by atoms with van der Waals surface area (Å²) in [5, 5.41) is 3.53. The predicted octanol–water partition coefficient (Wildman–Crippen LogP) is 3.73. The van der Waals surface area contributed by atoms with E-state index < -0.39 is 0 Å². The third-order valence-corrected chi connectivity index (χ3v) is 4.63. The lowest BCUT2D eigenvalue weighted by Crippen LogP contribution is -2.23. The molecule has 112 valence electrons. The van der Waals surface area contributed by atoms with Crippen molar-refractivity contribution in [3.8, 4) is 0 Å². The normalized spacial score (nSPS) is 20.4. The molecule has 20 heavy (non-hydrogen) atoms. The van der Waals surface area contributed by atoms with Crippen molar-refractivity contribution in [1.82, 2.24) is 5.32 Å². The van der Waals surface area contributed by atoms with E-state index in [0.717, 1.165) is 32.5 Å². The minimum atomic E-state index is 0.367. The van der Waals surface area contributed by atoms with Crippen LogP contribution in [0.5, 0.6) is 0 Å². The molecule has 0 radical (unpaired) electrons. The first-order valence-electron chi connectivity index (χ1n) is 7.46. The number of ether oxygens (including phenoxy) is 1. The third-order valence-electron chi connectivity index (χ3n) is 3.99. The van der Waals surface area contributed by atoms with Gasteiger partial charge in [0, 0.05) is 30.7 Å². The van der Waals surface area contributed by atoms with Crippen molar-refractivity contribution in [3.05, 3.63) is 28.2 Å². The van der Waals surface area contributed by atoms with E-state index in [-0.39, 0.29) is 0 Å². The maximum absolute atomic E-state index is 5.44. The molecule has 1 aliphatic heterocycles. The van der Waals surface area contributed by atoms with Gasteiger partial charge < -0.3 is 15.0 Å². The Kier molecular flexibility index (Phi) is 5.87. The third kappa shape index (κ3) is 3.74. The van der Waals surface area contributed by atoms with E-state index in [2.05, 4.69) is 58.2 Å². The van der Waals surface area contributed by atoms with Gasteiger partial charge in [-0.05, 0) is 59.9 Å². The highest BCUT2D eigenvalue weighted by Crippen LogP contribution is 2.32. The number of benzene rings is 1. The fourth-order valence-corrected chi connectivity index (χ4v) is 3.31. The first-order valence-corrected chi connectivity index (χ1v) is 8.25. The smallest absolute Gasteiger partial charge is 0.0762 e. The van der Waals surface area contributed by atoms with Crippen LogP contribution in [-0.4, -0.2) is 32.8 Å². The summed E-state index contributed by atoms with van der Waals surface area (Å²) < 4.78 is 6.62. The molecule has 1 aromatic carbocycles. The van der Waals surface area contributed by atoms with Gasteiger partial charge in [-0.25, -0.2) is 0 Å². The molecule has 1 N–H and O–H groups in total. The summed E-state index contributed by atoms with van der Waals surface area (Å²) in [7, 11) is 1.80. The molecule has 1 aromatic rings. The summed E-state index contributed by atoms with van der Waals surface area (Å²) in [6.45, 7) is 7.52. The number of nitrogens with zero attached hydrogens (tertiary/aromatic N) is 1. The number of methoxy groups -OCH3 is 1. The maximum Gasteiger partial charge on any atom is 0.0762 e. The minimum Gasteiger partial charge on any atom is -0.380 e. The maximum atomic E-state index is 5.44. The summed E-state index contributed by atoms with van der Waals surface area (Å²) in [6, 6.07) is 7.09. The molecule has 1 heterocycles. The van der Waals surface area contributed by atoms with Crippen LogP contribution in [-0.2, 0) is 4.74 Å². The van der Waals surface area contributed by atoms with Crippen molar-refractivity contribution < 1.29 is 4.74 Å². The Balaban J connectivity index is 2.06. The van der Waals surface area contributed by atoms with Crippen molar-refractivity contribution in [2.45, 2.75) is 38.8 Å². The predicted molar refractivity (Wildman–Crippen MR) is 88.5 cm³/mol. The Bertz CT molecular complexity index is 438. The van der Waals surface area contributed by atoms with Crippen molar-refractivity contribution in [3.63, 3.8) is 0 Å². The standard InChI is InChI=1S/C16H25BrN2O/c1-4-8-18-12(2)13-5-6-16(15(17)10-13)19-9-7-14(11-19)20-3/h5-6,10,12,14,18H,4,7-9,11H2,1-3H3. The Morgan fingerprint density at radius 2 is 2.30 bits per heavy atom. The average Bonchev–Trinajstić information content (AvgIpc) is 2.93. The molecular weight excluding hydrogens is 316 g/mol. The van der Waals surface area contributed by atoms with Crippen LogP contribution in [0.2, 0.25) is 0 Å². The van der Waals surface area contributed by atoms with Crippen molar-refractivity contribution in [1.29, 1.82) is 0 Å². The zero-order valence-electron chi connectivity index (χ0n) is 12.7. The molecule has 1 saturated heterocycles. The summed E-state index contributed by atoms with van der Waals surface area (Å²) >= 11 is 3.73. The number of halogens is 1. The van der Waals surface area contributed by atoms with Gasteiger partial charge in [-0.1, -0.05) is 13.0 Å². The van der Waals surface area contributed by atoms with E-state index in [0.29, 0.717) is 12.1 Å². The second kappa shape index (κ2) is 7.43. The highest BCUT2D eigenvalue weighted by atomic mass is 79.9. The first kappa shape index (κ1) is 15.8. The second-order valence-corrected chi connectivity index (χ2v) is 6.33. The molecule has 0 bridgehead atoms. The number of hydrogen-bond donors (Lipinski definition) is 1. The van der Waals surface area contributed by atoms with E-state index in [1.54, 1.807) is 7.11 Å². The lowest BCUT2D eigenvalue weighted by molar-refractivity contribution is 0.121. The van der Waals surface area contributed by atoms with Crippen LogP contribution in [0.3, 0.4) is 0 Å². The van der Waals surface area contributed by atoms with E-state index >= 15 is 0 Å². The van der Waals surface area contributed by atoms with Gasteiger partial charge in [0.1, 0.15) is 0 Å². The summed E-state index contributed by atoms with van der Waals surface area (Å²) in [5.74, 6) is 0. The minimum absolute atomic E-state index is 0.367. The van der Waals surface area contributed by atoms with Gasteiger partial charge in [0.2, 0.25) is 0 Å². The van der Waals surface area contributed by atoms with Crippen LogP contribution in [0, 0.1) is 0 Å². The zero-order valence-corrected chi connectivity index (χ0v) is 14.2. The van der Waals surface area contributed by atoms with E-state index in [1.807, 2.05) is 0 Å². The van der Waals surface area contributed by atoms with Gasteiger partial charge in [-0.3, -0.25) is 0 Å². The number of rotatable bonds is 6. The Hall–Kier alpha value is -0.580. The molecule has 4 heteroatoms.